The number of carbonyl (C=O) groups is 1. The van der Waals surface area contributed by atoms with Crippen LogP contribution in [0, 0.1) is 19.7 Å². The number of ether oxygens (including phenoxy) is 1. The third kappa shape index (κ3) is 4.15. The van der Waals surface area contributed by atoms with Gasteiger partial charge < -0.3 is 10.1 Å². The second-order valence-electron chi connectivity index (χ2n) is 5.73. The zero-order valence-corrected chi connectivity index (χ0v) is 14.8. The predicted molar refractivity (Wildman–Crippen MR) is 97.4 cm³/mol. The minimum absolute atomic E-state index is 0.172. The molecule has 0 saturated carbocycles. The summed E-state index contributed by atoms with van der Waals surface area (Å²) in [6, 6.07) is 10.9. The predicted octanol–water partition coefficient (Wildman–Crippen LogP) is 4.93. The first-order chi connectivity index (χ1) is 12.4. The number of carbonyl (C=O) groups excluding carboxylic acids is 1. The van der Waals surface area contributed by atoms with Crippen LogP contribution in [0.25, 0.3) is 0 Å². The van der Waals surface area contributed by atoms with E-state index in [0.29, 0.717) is 28.3 Å². The van der Waals surface area contributed by atoms with Crippen molar-refractivity contribution in [2.24, 2.45) is 0 Å². The molecule has 1 heterocycles. The molecule has 0 aliphatic rings. The Labute approximate surface area is 154 Å². The van der Waals surface area contributed by atoms with Crippen LogP contribution in [0.4, 0.5) is 10.1 Å². The standard InChI is InChI=1S/C19H15ClFN3O2/c1-11-3-5-17(26-16-6-4-13(21)8-12(16)2)15(7-11)19(25)23-14-9-18(20)24-22-10-14/h3-10H,1-2H3,(H,23,24,25). The van der Waals surface area contributed by atoms with Crippen LogP contribution in [-0.2, 0) is 0 Å². The summed E-state index contributed by atoms with van der Waals surface area (Å²) in [6.07, 6.45) is 1.39. The minimum atomic E-state index is -0.382. The van der Waals surface area contributed by atoms with Crippen LogP contribution in [0.1, 0.15) is 21.5 Å². The number of halogens is 2. The quantitative estimate of drug-likeness (QED) is 0.706. The summed E-state index contributed by atoms with van der Waals surface area (Å²) in [7, 11) is 0. The fourth-order valence-corrected chi connectivity index (χ4v) is 2.52. The largest absolute Gasteiger partial charge is 0.456 e. The van der Waals surface area contributed by atoms with E-state index in [2.05, 4.69) is 15.5 Å². The maximum absolute atomic E-state index is 13.3. The van der Waals surface area contributed by atoms with E-state index in [1.54, 1.807) is 19.1 Å². The van der Waals surface area contributed by atoms with Crippen LogP contribution in [0.3, 0.4) is 0 Å². The van der Waals surface area contributed by atoms with E-state index in [1.165, 1.54) is 30.5 Å². The fourth-order valence-electron chi connectivity index (χ4n) is 2.36. The lowest BCUT2D eigenvalue weighted by molar-refractivity contribution is 0.102. The lowest BCUT2D eigenvalue weighted by Gasteiger charge is -2.14. The van der Waals surface area contributed by atoms with Gasteiger partial charge in [0.05, 0.1) is 17.4 Å². The Morgan fingerprint density at radius 1 is 1.12 bits per heavy atom. The van der Waals surface area contributed by atoms with E-state index in [1.807, 2.05) is 13.0 Å². The van der Waals surface area contributed by atoms with Gasteiger partial charge in [0, 0.05) is 6.07 Å². The Hall–Kier alpha value is -2.99. The average molecular weight is 372 g/mol. The number of benzene rings is 2. The van der Waals surface area contributed by atoms with Crippen molar-refractivity contribution in [3.8, 4) is 11.5 Å². The van der Waals surface area contributed by atoms with E-state index < -0.39 is 0 Å². The molecule has 0 fully saturated rings. The van der Waals surface area contributed by atoms with Crippen molar-refractivity contribution in [2.45, 2.75) is 13.8 Å². The third-order valence-electron chi connectivity index (χ3n) is 3.62. The molecule has 2 aromatic carbocycles. The second-order valence-corrected chi connectivity index (χ2v) is 6.12. The summed E-state index contributed by atoms with van der Waals surface area (Å²) in [4.78, 5) is 12.7. The molecule has 0 bridgehead atoms. The van der Waals surface area contributed by atoms with Gasteiger partial charge in [-0.05, 0) is 49.7 Å². The van der Waals surface area contributed by atoms with E-state index >= 15 is 0 Å². The van der Waals surface area contributed by atoms with Crippen molar-refractivity contribution in [1.29, 1.82) is 0 Å². The van der Waals surface area contributed by atoms with Gasteiger partial charge >= 0.3 is 0 Å². The number of nitrogens with one attached hydrogen (secondary N) is 1. The monoisotopic (exact) mass is 371 g/mol. The summed E-state index contributed by atoms with van der Waals surface area (Å²) in [5.41, 5.74) is 2.27. The molecule has 0 spiro atoms. The molecule has 5 nitrogen and oxygen atoms in total. The van der Waals surface area contributed by atoms with Gasteiger partial charge in [0.2, 0.25) is 0 Å². The molecule has 1 amide bonds. The van der Waals surface area contributed by atoms with Crippen molar-refractivity contribution in [2.75, 3.05) is 5.32 Å². The first kappa shape index (κ1) is 17.8. The van der Waals surface area contributed by atoms with Crippen LogP contribution >= 0.6 is 11.6 Å². The highest BCUT2D eigenvalue weighted by atomic mass is 35.5. The molecule has 0 unspecified atom stereocenters. The first-order valence-corrected chi connectivity index (χ1v) is 8.14. The number of aryl methyl sites for hydroxylation is 2. The van der Waals surface area contributed by atoms with Crippen molar-refractivity contribution in [1.82, 2.24) is 10.2 Å². The smallest absolute Gasteiger partial charge is 0.259 e. The van der Waals surface area contributed by atoms with Crippen LogP contribution in [0.5, 0.6) is 11.5 Å². The molecular formula is C19H15ClFN3O2. The van der Waals surface area contributed by atoms with Gasteiger partial charge in [-0.2, -0.15) is 5.10 Å². The molecule has 1 aromatic heterocycles. The highest BCUT2D eigenvalue weighted by Crippen LogP contribution is 2.29. The lowest BCUT2D eigenvalue weighted by atomic mass is 10.1. The van der Waals surface area contributed by atoms with Crippen molar-refractivity contribution < 1.29 is 13.9 Å². The maximum atomic E-state index is 13.3. The number of anilines is 1. The first-order valence-electron chi connectivity index (χ1n) is 7.76. The minimum Gasteiger partial charge on any atom is -0.456 e. The zero-order chi connectivity index (χ0) is 18.7. The van der Waals surface area contributed by atoms with Crippen LogP contribution in [0.15, 0.2) is 48.7 Å². The number of amides is 1. The van der Waals surface area contributed by atoms with E-state index in [-0.39, 0.29) is 16.9 Å². The highest BCUT2D eigenvalue weighted by Gasteiger charge is 2.15. The van der Waals surface area contributed by atoms with E-state index in [0.717, 1.165) is 5.56 Å². The summed E-state index contributed by atoms with van der Waals surface area (Å²) >= 11 is 5.79. The molecule has 26 heavy (non-hydrogen) atoms. The molecule has 7 heteroatoms. The Balaban J connectivity index is 1.91. The molecule has 132 valence electrons. The molecule has 0 saturated heterocycles. The number of rotatable bonds is 4. The van der Waals surface area contributed by atoms with Gasteiger partial charge in [-0.3, -0.25) is 4.79 Å². The average Bonchev–Trinajstić information content (AvgIpc) is 2.58. The summed E-state index contributed by atoms with van der Waals surface area (Å²) in [6.45, 7) is 3.60. The zero-order valence-electron chi connectivity index (χ0n) is 14.1. The van der Waals surface area contributed by atoms with Gasteiger partial charge in [-0.15, -0.1) is 5.10 Å². The topological polar surface area (TPSA) is 64.1 Å². The van der Waals surface area contributed by atoms with Gasteiger partial charge in [0.15, 0.2) is 5.15 Å². The summed E-state index contributed by atoms with van der Waals surface area (Å²) in [5.74, 6) is 0.0974. The summed E-state index contributed by atoms with van der Waals surface area (Å²) in [5, 5.41) is 10.2. The Kier molecular flexibility index (Phi) is 5.14. The molecule has 0 aliphatic carbocycles. The lowest BCUT2D eigenvalue weighted by Crippen LogP contribution is -2.13. The van der Waals surface area contributed by atoms with Crippen LogP contribution in [-0.4, -0.2) is 16.1 Å². The molecule has 0 aliphatic heterocycles. The van der Waals surface area contributed by atoms with E-state index in [9.17, 15) is 9.18 Å². The molecule has 0 atom stereocenters. The van der Waals surface area contributed by atoms with Gasteiger partial charge in [0.1, 0.15) is 17.3 Å². The molecule has 1 N–H and O–H groups in total. The van der Waals surface area contributed by atoms with Crippen LogP contribution in [0.2, 0.25) is 5.15 Å². The number of aromatic nitrogens is 2. The Bertz CT molecular complexity index is 979. The van der Waals surface area contributed by atoms with Crippen molar-refractivity contribution >= 4 is 23.2 Å². The Morgan fingerprint density at radius 3 is 2.62 bits per heavy atom. The number of nitrogens with zero attached hydrogens (tertiary/aromatic N) is 2. The molecule has 3 rings (SSSR count). The maximum Gasteiger partial charge on any atom is 0.259 e. The highest BCUT2D eigenvalue weighted by molar-refractivity contribution is 6.29. The Morgan fingerprint density at radius 2 is 1.88 bits per heavy atom. The van der Waals surface area contributed by atoms with Gasteiger partial charge in [0.25, 0.3) is 5.91 Å². The molecular weight excluding hydrogens is 357 g/mol. The number of hydrogen-bond acceptors (Lipinski definition) is 4. The van der Waals surface area contributed by atoms with Gasteiger partial charge in [-0.25, -0.2) is 4.39 Å². The normalized spacial score (nSPS) is 10.5. The second kappa shape index (κ2) is 7.49. The molecule has 3 aromatic rings. The molecule has 0 radical (unpaired) electrons. The fraction of sp³-hybridized carbons (Fsp3) is 0.105. The van der Waals surface area contributed by atoms with Crippen molar-refractivity contribution in [3.63, 3.8) is 0 Å². The SMILES string of the molecule is Cc1ccc(Oc2ccc(F)cc2C)c(C(=O)Nc2cnnc(Cl)c2)c1. The summed E-state index contributed by atoms with van der Waals surface area (Å²) < 4.78 is 19.1. The van der Waals surface area contributed by atoms with E-state index in [4.69, 9.17) is 16.3 Å². The van der Waals surface area contributed by atoms with Gasteiger partial charge in [-0.1, -0.05) is 23.2 Å². The van der Waals surface area contributed by atoms with Crippen molar-refractivity contribution in [3.05, 3.63) is 76.3 Å². The van der Waals surface area contributed by atoms with Crippen LogP contribution < -0.4 is 10.1 Å². The number of hydrogen-bond donors (Lipinski definition) is 1. The third-order valence-corrected chi connectivity index (χ3v) is 3.80.